The molecule has 6 N–H and O–H groups in total. The molecule has 0 spiro atoms. The van der Waals surface area contributed by atoms with E-state index < -0.39 is 53.7 Å². The number of thiophene rings is 1. The second kappa shape index (κ2) is 17.8. The number of nitrogens with two attached hydrogens (primary N) is 2. The SMILES string of the molecule is CC(C)C[C@H](N)C(=O)c1ccccc1N(C(=O)[C@H](Cc1ccccc1)C[C@H](O)[C@@H](N)Cc1ccccc1)C(=O)[C@H](C)NC(=O)c1cccs1. The van der Waals surface area contributed by atoms with Crippen molar-refractivity contribution in [1.82, 2.24) is 5.32 Å². The second-order valence-corrected chi connectivity index (χ2v) is 13.8. The average molecular weight is 683 g/mol. The molecule has 0 aliphatic heterocycles. The van der Waals surface area contributed by atoms with Crippen molar-refractivity contribution in [2.45, 2.75) is 70.7 Å². The third-order valence-corrected chi connectivity index (χ3v) is 9.25. The van der Waals surface area contributed by atoms with Gasteiger partial charge in [-0.3, -0.25) is 19.2 Å². The number of rotatable bonds is 16. The van der Waals surface area contributed by atoms with E-state index in [9.17, 15) is 24.3 Å². The molecule has 258 valence electrons. The maximum Gasteiger partial charge on any atom is 0.261 e. The maximum absolute atomic E-state index is 14.8. The number of aliphatic hydroxyl groups is 1. The lowest BCUT2D eigenvalue weighted by Gasteiger charge is -2.31. The summed E-state index contributed by atoms with van der Waals surface area (Å²) in [4.78, 5) is 57.4. The van der Waals surface area contributed by atoms with Crippen LogP contribution in [0.2, 0.25) is 0 Å². The molecule has 0 radical (unpaired) electrons. The maximum atomic E-state index is 14.8. The molecule has 0 unspecified atom stereocenters. The van der Waals surface area contributed by atoms with Crippen molar-refractivity contribution in [1.29, 1.82) is 0 Å². The van der Waals surface area contributed by atoms with Crippen LogP contribution in [0.5, 0.6) is 0 Å². The summed E-state index contributed by atoms with van der Waals surface area (Å²) in [5.74, 6) is -3.02. The Labute approximate surface area is 292 Å². The van der Waals surface area contributed by atoms with E-state index >= 15 is 0 Å². The van der Waals surface area contributed by atoms with Crippen molar-refractivity contribution < 1.29 is 24.3 Å². The first kappa shape index (κ1) is 37.3. The lowest BCUT2D eigenvalue weighted by Crippen LogP contribution is -2.52. The van der Waals surface area contributed by atoms with Crippen LogP contribution in [-0.2, 0) is 22.4 Å². The summed E-state index contributed by atoms with van der Waals surface area (Å²) in [5.41, 5.74) is 14.8. The fraction of sp³-hybridized carbons (Fsp3) is 0.333. The van der Waals surface area contributed by atoms with E-state index in [-0.39, 0.29) is 30.0 Å². The van der Waals surface area contributed by atoms with Crippen molar-refractivity contribution in [2.75, 3.05) is 4.90 Å². The van der Waals surface area contributed by atoms with Crippen molar-refractivity contribution >= 4 is 40.5 Å². The molecular weight excluding hydrogens is 637 g/mol. The van der Waals surface area contributed by atoms with Crippen molar-refractivity contribution in [3.8, 4) is 0 Å². The first-order chi connectivity index (χ1) is 23.5. The van der Waals surface area contributed by atoms with Crippen LogP contribution >= 0.6 is 11.3 Å². The number of nitrogens with one attached hydrogen (secondary N) is 1. The quantitative estimate of drug-likeness (QED) is 0.119. The minimum atomic E-state index is -1.14. The number of imide groups is 1. The summed E-state index contributed by atoms with van der Waals surface area (Å²) in [6.45, 7) is 5.41. The largest absolute Gasteiger partial charge is 0.391 e. The van der Waals surface area contributed by atoms with E-state index in [1.54, 1.807) is 35.7 Å². The number of ketones is 1. The zero-order valence-corrected chi connectivity index (χ0v) is 29.0. The molecule has 3 amide bonds. The van der Waals surface area contributed by atoms with Crippen molar-refractivity contribution in [3.63, 3.8) is 0 Å². The highest BCUT2D eigenvalue weighted by atomic mass is 32.1. The number of hydrogen-bond donors (Lipinski definition) is 4. The van der Waals surface area contributed by atoms with Gasteiger partial charge in [0.25, 0.3) is 11.8 Å². The van der Waals surface area contributed by atoms with E-state index in [1.807, 2.05) is 74.5 Å². The second-order valence-electron chi connectivity index (χ2n) is 12.8. The molecule has 1 aromatic heterocycles. The summed E-state index contributed by atoms with van der Waals surface area (Å²) in [5, 5.41) is 15.9. The predicted molar refractivity (Wildman–Crippen MR) is 194 cm³/mol. The van der Waals surface area contributed by atoms with Crippen LogP contribution in [0.25, 0.3) is 0 Å². The van der Waals surface area contributed by atoms with Crippen molar-refractivity contribution in [3.05, 3.63) is 124 Å². The van der Waals surface area contributed by atoms with E-state index in [0.717, 1.165) is 16.0 Å². The number of aliphatic hydroxyl groups excluding tert-OH is 1. The molecule has 0 fully saturated rings. The molecule has 0 saturated heterocycles. The molecule has 1 heterocycles. The minimum Gasteiger partial charge on any atom is -0.391 e. The fourth-order valence-corrected chi connectivity index (χ4v) is 6.44. The lowest BCUT2D eigenvalue weighted by atomic mass is 9.88. The standard InChI is InChI=1S/C39H46N4O5S/c1-25(2)21-32(41)36(45)30-17-10-11-18-33(30)43(38(47)26(3)42-37(46)35-19-12-20-49-35)39(48)29(22-27-13-6-4-7-14-27)24-34(44)31(40)23-28-15-8-5-9-16-28/h4-20,25-26,29,31-32,34,44H,21-24,40-41H2,1-3H3,(H,42,46)/t26-,29+,31-,32-,34-/m0/s1. The molecule has 4 rings (SSSR count). The first-order valence-corrected chi connectivity index (χ1v) is 17.5. The van der Waals surface area contributed by atoms with Gasteiger partial charge in [-0.05, 0) is 73.2 Å². The van der Waals surface area contributed by atoms with Crippen LogP contribution in [-0.4, -0.2) is 52.8 Å². The van der Waals surface area contributed by atoms with Gasteiger partial charge >= 0.3 is 0 Å². The molecule has 0 saturated carbocycles. The van der Waals surface area contributed by atoms with Crippen LogP contribution in [0.4, 0.5) is 5.69 Å². The van der Waals surface area contributed by atoms with Gasteiger partial charge in [0.05, 0.1) is 22.7 Å². The zero-order valence-electron chi connectivity index (χ0n) is 28.2. The van der Waals surface area contributed by atoms with Crippen LogP contribution < -0.4 is 21.7 Å². The van der Waals surface area contributed by atoms with Crippen molar-refractivity contribution in [2.24, 2.45) is 23.3 Å². The van der Waals surface area contributed by atoms with E-state index in [4.69, 9.17) is 11.5 Å². The topological polar surface area (TPSA) is 156 Å². The number of anilines is 1. The van der Waals surface area contributed by atoms with E-state index in [2.05, 4.69) is 5.32 Å². The Morgan fingerprint density at radius 2 is 1.35 bits per heavy atom. The van der Waals surface area contributed by atoms with Gasteiger partial charge in [0.2, 0.25) is 5.91 Å². The molecule has 4 aromatic rings. The Kier molecular flexibility index (Phi) is 13.6. The molecule has 0 aliphatic carbocycles. The zero-order chi connectivity index (χ0) is 35.5. The summed E-state index contributed by atoms with van der Waals surface area (Å²) < 4.78 is 0. The molecule has 5 atom stereocenters. The van der Waals surface area contributed by atoms with E-state index in [0.29, 0.717) is 17.7 Å². The Morgan fingerprint density at radius 1 is 0.755 bits per heavy atom. The van der Waals surface area contributed by atoms with Gasteiger partial charge in [0.1, 0.15) is 6.04 Å². The summed E-state index contributed by atoms with van der Waals surface area (Å²) in [7, 11) is 0. The van der Waals surface area contributed by atoms with Gasteiger partial charge in [-0.2, -0.15) is 0 Å². The molecule has 0 bridgehead atoms. The molecule has 3 aromatic carbocycles. The van der Waals surface area contributed by atoms with Gasteiger partial charge in [0.15, 0.2) is 5.78 Å². The number of carbonyl (C=O) groups is 4. The number of Topliss-reactive ketones (excluding diaryl/α,β-unsaturated/α-hetero) is 1. The number of hydrogen-bond acceptors (Lipinski definition) is 8. The number of carbonyl (C=O) groups excluding carboxylic acids is 4. The van der Waals surface area contributed by atoms with Crippen LogP contribution in [0.1, 0.15) is 64.8 Å². The highest BCUT2D eigenvalue weighted by molar-refractivity contribution is 7.12. The molecule has 0 aliphatic rings. The summed E-state index contributed by atoms with van der Waals surface area (Å²) >= 11 is 1.22. The van der Waals surface area contributed by atoms with Gasteiger partial charge in [-0.1, -0.05) is 92.7 Å². The number of nitrogens with zero attached hydrogens (tertiary/aromatic N) is 1. The fourth-order valence-electron chi connectivity index (χ4n) is 5.81. The number of amides is 3. The number of benzene rings is 3. The summed E-state index contributed by atoms with van der Waals surface area (Å²) in [6, 6.07) is 25.9. The Balaban J connectivity index is 1.74. The molecular formula is C39H46N4O5S. The monoisotopic (exact) mass is 682 g/mol. The van der Waals surface area contributed by atoms with Crippen LogP contribution in [0.15, 0.2) is 102 Å². The first-order valence-electron chi connectivity index (χ1n) is 16.6. The lowest BCUT2D eigenvalue weighted by molar-refractivity contribution is -0.130. The Hall–Kier alpha value is -4.48. The van der Waals surface area contributed by atoms with Gasteiger partial charge in [-0.15, -0.1) is 11.3 Å². The molecule has 49 heavy (non-hydrogen) atoms. The molecule has 9 nitrogen and oxygen atoms in total. The van der Waals surface area contributed by atoms with Gasteiger partial charge < -0.3 is 21.9 Å². The van der Waals surface area contributed by atoms with Crippen LogP contribution in [0, 0.1) is 11.8 Å². The third-order valence-electron chi connectivity index (χ3n) is 8.38. The average Bonchev–Trinajstić information content (AvgIpc) is 3.64. The van der Waals surface area contributed by atoms with Gasteiger partial charge in [-0.25, -0.2) is 4.90 Å². The highest BCUT2D eigenvalue weighted by Crippen LogP contribution is 2.29. The normalized spacial score (nSPS) is 14.3. The smallest absolute Gasteiger partial charge is 0.261 e. The molecule has 10 heteroatoms. The predicted octanol–water partition coefficient (Wildman–Crippen LogP) is 5.16. The van der Waals surface area contributed by atoms with Crippen LogP contribution in [0.3, 0.4) is 0 Å². The minimum absolute atomic E-state index is 0.0512. The summed E-state index contributed by atoms with van der Waals surface area (Å²) in [6.07, 6.45) is -0.165. The Bertz CT molecular complexity index is 1680. The van der Waals surface area contributed by atoms with E-state index in [1.165, 1.54) is 24.3 Å². The Morgan fingerprint density at radius 3 is 1.94 bits per heavy atom. The van der Waals surface area contributed by atoms with Gasteiger partial charge in [0, 0.05) is 17.5 Å². The number of para-hydroxylation sites is 1. The highest BCUT2D eigenvalue weighted by Gasteiger charge is 2.37. The third kappa shape index (κ3) is 10.3.